The third-order valence-electron chi connectivity index (χ3n) is 7.18. The van der Waals surface area contributed by atoms with Gasteiger partial charge in [-0.25, -0.2) is 13.2 Å². The number of benzene rings is 2. The summed E-state index contributed by atoms with van der Waals surface area (Å²) in [5, 5.41) is 0. The molecule has 2 atom stereocenters. The Kier molecular flexibility index (Phi) is 7.42. The molecule has 1 heterocycles. The second-order valence-corrected chi connectivity index (χ2v) is 9.06. The average molecular weight is 463 g/mol. The van der Waals surface area contributed by atoms with Crippen molar-refractivity contribution >= 4 is 0 Å². The minimum absolute atomic E-state index is 0.153. The molecule has 4 rings (SSSR count). The quantitative estimate of drug-likeness (QED) is 0.326. The SMILES string of the molecule is C=CC1CCC(C2CCC(c3ccc(-c4ccc(OCC)c(F)c4F)c(F)c3F)CO2)CC1. The molecular weight excluding hydrogens is 432 g/mol. The lowest BCUT2D eigenvalue weighted by Crippen LogP contribution is -2.33. The summed E-state index contributed by atoms with van der Waals surface area (Å²) in [5.74, 6) is -4.13. The van der Waals surface area contributed by atoms with Gasteiger partial charge in [0.05, 0.1) is 19.3 Å². The molecule has 0 N–H and O–H groups in total. The normalized spacial score (nSPS) is 25.6. The van der Waals surface area contributed by atoms with Crippen molar-refractivity contribution in [3.8, 4) is 16.9 Å². The van der Waals surface area contributed by atoms with Gasteiger partial charge in [-0.15, -0.1) is 6.58 Å². The number of hydrogen-bond donors (Lipinski definition) is 0. The molecule has 0 spiro atoms. The number of hydrogen-bond acceptors (Lipinski definition) is 2. The molecule has 2 nitrogen and oxygen atoms in total. The molecule has 1 saturated carbocycles. The van der Waals surface area contributed by atoms with Crippen LogP contribution in [-0.4, -0.2) is 19.3 Å². The van der Waals surface area contributed by atoms with Gasteiger partial charge >= 0.3 is 0 Å². The molecule has 0 amide bonds. The third kappa shape index (κ3) is 4.81. The highest BCUT2D eigenvalue weighted by atomic mass is 19.2. The van der Waals surface area contributed by atoms with Crippen LogP contribution in [0.1, 0.15) is 56.9 Å². The summed E-state index contributed by atoms with van der Waals surface area (Å²) in [5.41, 5.74) is -0.435. The summed E-state index contributed by atoms with van der Waals surface area (Å²) >= 11 is 0. The molecule has 2 aliphatic rings. The Bertz CT molecular complexity index is 990. The van der Waals surface area contributed by atoms with E-state index in [0.717, 1.165) is 32.1 Å². The van der Waals surface area contributed by atoms with Crippen LogP contribution in [0.2, 0.25) is 0 Å². The van der Waals surface area contributed by atoms with Gasteiger partial charge < -0.3 is 9.47 Å². The minimum atomic E-state index is -1.26. The fourth-order valence-electron chi connectivity index (χ4n) is 5.24. The molecule has 178 valence electrons. The zero-order chi connectivity index (χ0) is 23.5. The van der Waals surface area contributed by atoms with Gasteiger partial charge in [-0.2, -0.15) is 4.39 Å². The van der Waals surface area contributed by atoms with E-state index in [1.807, 2.05) is 6.08 Å². The first-order valence-corrected chi connectivity index (χ1v) is 11.8. The van der Waals surface area contributed by atoms with Crippen molar-refractivity contribution in [2.75, 3.05) is 13.2 Å². The predicted molar refractivity (Wildman–Crippen MR) is 120 cm³/mol. The van der Waals surface area contributed by atoms with E-state index in [2.05, 4.69) is 6.58 Å². The van der Waals surface area contributed by atoms with E-state index in [1.54, 1.807) is 6.92 Å². The monoisotopic (exact) mass is 462 g/mol. The van der Waals surface area contributed by atoms with Gasteiger partial charge in [-0.1, -0.05) is 18.2 Å². The Morgan fingerprint density at radius 2 is 1.55 bits per heavy atom. The van der Waals surface area contributed by atoms with Crippen LogP contribution in [0.25, 0.3) is 11.1 Å². The Hall–Kier alpha value is -2.34. The summed E-state index contributed by atoms with van der Waals surface area (Å²) < 4.78 is 69.9. The van der Waals surface area contributed by atoms with E-state index in [1.165, 1.54) is 24.3 Å². The molecule has 1 aliphatic carbocycles. The molecule has 2 aromatic rings. The first-order valence-electron chi connectivity index (χ1n) is 11.8. The van der Waals surface area contributed by atoms with Gasteiger partial charge in [0.15, 0.2) is 23.2 Å². The molecule has 2 unspecified atom stereocenters. The largest absolute Gasteiger partial charge is 0.491 e. The van der Waals surface area contributed by atoms with Gasteiger partial charge in [0.2, 0.25) is 5.82 Å². The molecule has 2 aromatic carbocycles. The van der Waals surface area contributed by atoms with E-state index >= 15 is 4.39 Å². The molecule has 0 bridgehead atoms. The summed E-state index contributed by atoms with van der Waals surface area (Å²) in [7, 11) is 0. The van der Waals surface area contributed by atoms with Crippen molar-refractivity contribution in [1.82, 2.24) is 0 Å². The van der Waals surface area contributed by atoms with E-state index in [4.69, 9.17) is 9.47 Å². The van der Waals surface area contributed by atoms with E-state index in [-0.39, 0.29) is 41.1 Å². The van der Waals surface area contributed by atoms with Crippen molar-refractivity contribution in [3.05, 3.63) is 65.8 Å². The molecule has 1 aliphatic heterocycles. The van der Waals surface area contributed by atoms with Crippen molar-refractivity contribution < 1.29 is 27.0 Å². The van der Waals surface area contributed by atoms with Crippen molar-refractivity contribution in [1.29, 1.82) is 0 Å². The van der Waals surface area contributed by atoms with Gasteiger partial charge in [-0.05, 0) is 75.0 Å². The molecule has 6 heteroatoms. The molecule has 33 heavy (non-hydrogen) atoms. The Labute approximate surface area is 192 Å². The highest BCUT2D eigenvalue weighted by Gasteiger charge is 2.33. The van der Waals surface area contributed by atoms with Crippen molar-refractivity contribution in [2.24, 2.45) is 11.8 Å². The summed E-state index contributed by atoms with van der Waals surface area (Å²) in [6.07, 6.45) is 8.15. The van der Waals surface area contributed by atoms with Crippen LogP contribution in [0.5, 0.6) is 5.75 Å². The smallest absolute Gasteiger partial charge is 0.201 e. The fraction of sp³-hybridized carbons (Fsp3) is 0.481. The zero-order valence-electron chi connectivity index (χ0n) is 18.9. The maximum absolute atomic E-state index is 15.0. The first kappa shape index (κ1) is 23.8. The van der Waals surface area contributed by atoms with Crippen molar-refractivity contribution in [2.45, 2.75) is 57.5 Å². The summed E-state index contributed by atoms with van der Waals surface area (Å²) in [4.78, 5) is 0. The van der Waals surface area contributed by atoms with Gasteiger partial charge in [0.1, 0.15) is 0 Å². The molecule has 1 saturated heterocycles. The third-order valence-corrected chi connectivity index (χ3v) is 7.18. The van der Waals surface area contributed by atoms with E-state index in [0.29, 0.717) is 24.9 Å². The highest BCUT2D eigenvalue weighted by molar-refractivity contribution is 5.66. The summed E-state index contributed by atoms with van der Waals surface area (Å²) in [6.45, 7) is 6.01. The topological polar surface area (TPSA) is 18.5 Å². The first-order chi connectivity index (χ1) is 15.9. The van der Waals surface area contributed by atoms with Crippen LogP contribution in [0.15, 0.2) is 36.9 Å². The van der Waals surface area contributed by atoms with Crippen LogP contribution in [-0.2, 0) is 4.74 Å². The Morgan fingerprint density at radius 1 is 0.879 bits per heavy atom. The van der Waals surface area contributed by atoms with Crippen LogP contribution in [0.3, 0.4) is 0 Å². The van der Waals surface area contributed by atoms with Crippen LogP contribution >= 0.6 is 0 Å². The Morgan fingerprint density at radius 3 is 2.15 bits per heavy atom. The highest BCUT2D eigenvalue weighted by Crippen LogP contribution is 2.40. The van der Waals surface area contributed by atoms with Crippen molar-refractivity contribution in [3.63, 3.8) is 0 Å². The van der Waals surface area contributed by atoms with Gasteiger partial charge in [0, 0.05) is 17.0 Å². The standard InChI is InChI=1S/C27H30F4O2/c1-3-16-5-7-17(8-6-16)22-13-9-18(15-33-22)19-10-11-20(25(29)24(19)28)21-12-14-23(32-4-2)27(31)26(21)30/h3,10-12,14,16-18,22H,1,4-9,13,15H2,2H3. The lowest BCUT2D eigenvalue weighted by Gasteiger charge is -2.37. The maximum atomic E-state index is 15.0. The fourth-order valence-corrected chi connectivity index (χ4v) is 5.24. The Balaban J connectivity index is 1.48. The van der Waals surface area contributed by atoms with Crippen LogP contribution in [0, 0.1) is 35.1 Å². The zero-order valence-corrected chi connectivity index (χ0v) is 18.9. The number of ether oxygens (including phenoxy) is 2. The average Bonchev–Trinajstić information content (AvgIpc) is 2.85. The van der Waals surface area contributed by atoms with Gasteiger partial charge in [-0.3, -0.25) is 0 Å². The lowest BCUT2D eigenvalue weighted by atomic mass is 9.77. The maximum Gasteiger partial charge on any atom is 0.201 e. The molecule has 2 fully saturated rings. The minimum Gasteiger partial charge on any atom is -0.491 e. The summed E-state index contributed by atoms with van der Waals surface area (Å²) in [6, 6.07) is 5.20. The van der Waals surface area contributed by atoms with E-state index < -0.39 is 23.3 Å². The molecule has 0 aromatic heterocycles. The lowest BCUT2D eigenvalue weighted by molar-refractivity contribution is -0.0424. The second-order valence-electron chi connectivity index (χ2n) is 9.06. The van der Waals surface area contributed by atoms with Crippen LogP contribution in [0.4, 0.5) is 17.6 Å². The second kappa shape index (κ2) is 10.3. The van der Waals surface area contributed by atoms with Gasteiger partial charge in [0.25, 0.3) is 0 Å². The van der Waals surface area contributed by atoms with Crippen LogP contribution < -0.4 is 4.74 Å². The molecular formula is C27H30F4O2. The predicted octanol–water partition coefficient (Wildman–Crippen LogP) is 7.56. The number of halogens is 4. The molecule has 0 radical (unpaired) electrons. The van der Waals surface area contributed by atoms with E-state index in [9.17, 15) is 13.2 Å². The number of allylic oxidation sites excluding steroid dienone is 1. The number of rotatable bonds is 6.